The highest BCUT2D eigenvalue weighted by atomic mass is 19.1. The second kappa shape index (κ2) is 7.74. The zero-order valence-electron chi connectivity index (χ0n) is 15.5. The Bertz CT molecular complexity index is 924. The van der Waals surface area contributed by atoms with E-state index in [4.69, 9.17) is 4.98 Å². The normalized spacial score (nSPS) is 13.3. The first kappa shape index (κ1) is 17.5. The first-order valence-corrected chi connectivity index (χ1v) is 9.38. The standard InChI is InChI=1S/C22H23FN4/c1-16-15-21(27-14-4-6-18-5-2-3-7-20(18)27)26-22(25-16)24-13-12-17-8-10-19(23)11-9-17/h2-3,5,7-11,15H,4,6,12-14H2,1H3,(H,24,25,26). The number of hydrogen-bond donors (Lipinski definition) is 1. The van der Waals surface area contributed by atoms with Crippen LogP contribution in [0.1, 0.15) is 23.2 Å². The maximum absolute atomic E-state index is 13.0. The van der Waals surface area contributed by atoms with Crippen LogP contribution in [0.15, 0.2) is 54.6 Å². The van der Waals surface area contributed by atoms with Gasteiger partial charge in [0.25, 0.3) is 0 Å². The van der Waals surface area contributed by atoms with Crippen molar-refractivity contribution in [1.82, 2.24) is 9.97 Å². The first-order valence-electron chi connectivity index (χ1n) is 9.38. The number of anilines is 3. The van der Waals surface area contributed by atoms with Crippen LogP contribution in [0.2, 0.25) is 0 Å². The highest BCUT2D eigenvalue weighted by Crippen LogP contribution is 2.32. The molecule has 0 atom stereocenters. The quantitative estimate of drug-likeness (QED) is 0.716. The number of para-hydroxylation sites is 1. The SMILES string of the molecule is Cc1cc(N2CCCc3ccccc32)nc(NCCc2ccc(F)cc2)n1. The molecule has 2 heterocycles. The van der Waals surface area contributed by atoms with Gasteiger partial charge in [0, 0.05) is 30.5 Å². The van der Waals surface area contributed by atoms with Gasteiger partial charge in [0.05, 0.1) is 0 Å². The second-order valence-electron chi connectivity index (χ2n) is 6.88. The molecule has 27 heavy (non-hydrogen) atoms. The minimum atomic E-state index is -0.208. The number of nitrogens with one attached hydrogen (secondary N) is 1. The van der Waals surface area contributed by atoms with E-state index in [9.17, 15) is 4.39 Å². The highest BCUT2D eigenvalue weighted by Gasteiger charge is 2.19. The fourth-order valence-electron chi connectivity index (χ4n) is 3.51. The second-order valence-corrected chi connectivity index (χ2v) is 6.88. The van der Waals surface area contributed by atoms with Crippen molar-refractivity contribution in [1.29, 1.82) is 0 Å². The van der Waals surface area contributed by atoms with E-state index in [1.54, 1.807) is 0 Å². The van der Waals surface area contributed by atoms with Crippen LogP contribution in [-0.2, 0) is 12.8 Å². The number of halogens is 1. The van der Waals surface area contributed by atoms with Crippen molar-refractivity contribution >= 4 is 17.5 Å². The Morgan fingerprint density at radius 3 is 2.74 bits per heavy atom. The van der Waals surface area contributed by atoms with Crippen molar-refractivity contribution in [3.05, 3.63) is 77.2 Å². The number of nitrogens with zero attached hydrogens (tertiary/aromatic N) is 3. The molecule has 5 heteroatoms. The van der Waals surface area contributed by atoms with Gasteiger partial charge in [0.15, 0.2) is 0 Å². The molecule has 0 aliphatic carbocycles. The Kier molecular flexibility index (Phi) is 5.01. The van der Waals surface area contributed by atoms with Gasteiger partial charge in [-0.3, -0.25) is 0 Å². The highest BCUT2D eigenvalue weighted by molar-refractivity contribution is 5.66. The third-order valence-corrected chi connectivity index (χ3v) is 4.84. The van der Waals surface area contributed by atoms with Gasteiger partial charge in [0.2, 0.25) is 5.95 Å². The van der Waals surface area contributed by atoms with Gasteiger partial charge < -0.3 is 10.2 Å². The summed E-state index contributed by atoms with van der Waals surface area (Å²) in [6, 6.07) is 17.2. The third-order valence-electron chi connectivity index (χ3n) is 4.84. The smallest absolute Gasteiger partial charge is 0.224 e. The van der Waals surface area contributed by atoms with Gasteiger partial charge >= 0.3 is 0 Å². The molecule has 1 aliphatic heterocycles. The van der Waals surface area contributed by atoms with Crippen LogP contribution in [0.3, 0.4) is 0 Å². The lowest BCUT2D eigenvalue weighted by Crippen LogP contribution is -2.26. The minimum Gasteiger partial charge on any atom is -0.354 e. The van der Waals surface area contributed by atoms with Gasteiger partial charge in [-0.15, -0.1) is 0 Å². The van der Waals surface area contributed by atoms with E-state index in [-0.39, 0.29) is 5.82 Å². The molecule has 0 spiro atoms. The maximum Gasteiger partial charge on any atom is 0.224 e. The average Bonchev–Trinajstić information content (AvgIpc) is 2.69. The van der Waals surface area contributed by atoms with Crippen LogP contribution < -0.4 is 10.2 Å². The molecule has 1 N–H and O–H groups in total. The lowest BCUT2D eigenvalue weighted by Gasteiger charge is -2.30. The van der Waals surface area contributed by atoms with E-state index in [0.717, 1.165) is 42.9 Å². The van der Waals surface area contributed by atoms with Crippen molar-refractivity contribution < 1.29 is 4.39 Å². The molecular formula is C22H23FN4. The maximum atomic E-state index is 13.0. The summed E-state index contributed by atoms with van der Waals surface area (Å²) in [5, 5.41) is 3.31. The van der Waals surface area contributed by atoms with Crippen molar-refractivity contribution in [2.75, 3.05) is 23.3 Å². The largest absolute Gasteiger partial charge is 0.354 e. The molecule has 0 bridgehead atoms. The molecule has 0 unspecified atom stereocenters. The van der Waals surface area contributed by atoms with Gasteiger partial charge in [-0.25, -0.2) is 9.37 Å². The number of aromatic nitrogens is 2. The number of rotatable bonds is 5. The monoisotopic (exact) mass is 362 g/mol. The van der Waals surface area contributed by atoms with E-state index in [1.807, 2.05) is 25.1 Å². The third kappa shape index (κ3) is 4.08. The number of fused-ring (bicyclic) bond motifs is 1. The summed E-state index contributed by atoms with van der Waals surface area (Å²) < 4.78 is 13.0. The van der Waals surface area contributed by atoms with Crippen LogP contribution in [-0.4, -0.2) is 23.1 Å². The zero-order valence-corrected chi connectivity index (χ0v) is 15.5. The average molecular weight is 362 g/mol. The van der Waals surface area contributed by atoms with Gasteiger partial charge in [-0.1, -0.05) is 30.3 Å². The zero-order chi connectivity index (χ0) is 18.6. The van der Waals surface area contributed by atoms with Crippen LogP contribution in [0.4, 0.5) is 21.8 Å². The fourth-order valence-corrected chi connectivity index (χ4v) is 3.51. The molecule has 0 radical (unpaired) electrons. The van der Waals surface area contributed by atoms with Crippen molar-refractivity contribution in [3.8, 4) is 0 Å². The van der Waals surface area contributed by atoms with Crippen LogP contribution in [0.5, 0.6) is 0 Å². The summed E-state index contributed by atoms with van der Waals surface area (Å²) in [5.74, 6) is 1.36. The molecule has 2 aromatic carbocycles. The van der Waals surface area contributed by atoms with Crippen LogP contribution in [0.25, 0.3) is 0 Å². The summed E-state index contributed by atoms with van der Waals surface area (Å²) in [6.45, 7) is 3.65. The van der Waals surface area contributed by atoms with Crippen molar-refractivity contribution in [3.63, 3.8) is 0 Å². The lowest BCUT2D eigenvalue weighted by molar-refractivity contribution is 0.627. The Balaban J connectivity index is 1.49. The van der Waals surface area contributed by atoms with Crippen LogP contribution in [0, 0.1) is 12.7 Å². The summed E-state index contributed by atoms with van der Waals surface area (Å²) in [7, 11) is 0. The van der Waals surface area contributed by atoms with E-state index >= 15 is 0 Å². The van der Waals surface area contributed by atoms with Gasteiger partial charge in [-0.05, 0) is 55.5 Å². The minimum absolute atomic E-state index is 0.208. The molecular weight excluding hydrogens is 339 g/mol. The van der Waals surface area contributed by atoms with E-state index < -0.39 is 0 Å². The Morgan fingerprint density at radius 2 is 1.89 bits per heavy atom. The molecule has 4 nitrogen and oxygen atoms in total. The predicted octanol–water partition coefficient (Wildman–Crippen LogP) is 4.66. The van der Waals surface area contributed by atoms with Crippen molar-refractivity contribution in [2.24, 2.45) is 0 Å². The summed E-state index contributed by atoms with van der Waals surface area (Å²) in [6.07, 6.45) is 3.02. The van der Waals surface area contributed by atoms with Crippen molar-refractivity contribution in [2.45, 2.75) is 26.2 Å². The number of hydrogen-bond acceptors (Lipinski definition) is 4. The molecule has 0 saturated carbocycles. The Hall–Kier alpha value is -2.95. The fraction of sp³-hybridized carbons (Fsp3) is 0.273. The number of benzene rings is 2. The van der Waals surface area contributed by atoms with E-state index in [1.165, 1.54) is 23.4 Å². The number of aryl methyl sites for hydroxylation is 2. The molecule has 0 amide bonds. The molecule has 1 aliphatic rings. The molecule has 3 aromatic rings. The Morgan fingerprint density at radius 1 is 1.07 bits per heavy atom. The van der Waals surface area contributed by atoms with E-state index in [2.05, 4.69) is 39.5 Å². The summed E-state index contributed by atoms with van der Waals surface area (Å²) in [4.78, 5) is 11.5. The van der Waals surface area contributed by atoms with Gasteiger partial charge in [0.1, 0.15) is 11.6 Å². The summed E-state index contributed by atoms with van der Waals surface area (Å²) >= 11 is 0. The van der Waals surface area contributed by atoms with Crippen LogP contribution >= 0.6 is 0 Å². The summed E-state index contributed by atoms with van der Waals surface area (Å²) in [5.41, 5.74) is 4.62. The molecule has 0 fully saturated rings. The molecule has 0 saturated heterocycles. The molecule has 138 valence electrons. The lowest BCUT2D eigenvalue weighted by atomic mass is 10.0. The van der Waals surface area contributed by atoms with E-state index in [0.29, 0.717) is 12.5 Å². The Labute approximate surface area is 159 Å². The molecule has 4 rings (SSSR count). The topological polar surface area (TPSA) is 41.1 Å². The van der Waals surface area contributed by atoms with Gasteiger partial charge in [-0.2, -0.15) is 4.98 Å². The first-order chi connectivity index (χ1) is 13.2. The molecule has 1 aromatic heterocycles. The predicted molar refractivity (Wildman–Crippen MR) is 107 cm³/mol.